The first-order valence-corrected chi connectivity index (χ1v) is 9.53. The Morgan fingerprint density at radius 3 is 2.60 bits per heavy atom. The number of furan rings is 1. The molecule has 0 saturated heterocycles. The molecule has 0 spiro atoms. The van der Waals surface area contributed by atoms with Gasteiger partial charge in [0.15, 0.2) is 0 Å². The number of benzene rings is 2. The van der Waals surface area contributed by atoms with Crippen LogP contribution in [0.1, 0.15) is 30.2 Å². The first-order chi connectivity index (χ1) is 12.1. The maximum Gasteiger partial charge on any atom is 0.134 e. The smallest absolute Gasteiger partial charge is 0.134 e. The molecule has 0 bridgehead atoms. The third-order valence-electron chi connectivity index (χ3n) is 4.44. The van der Waals surface area contributed by atoms with Gasteiger partial charge in [0.2, 0.25) is 0 Å². The van der Waals surface area contributed by atoms with Crippen molar-refractivity contribution in [1.29, 1.82) is 0 Å². The Balaban J connectivity index is 1.52. The number of hydrogen-bond donors (Lipinski definition) is 1. The summed E-state index contributed by atoms with van der Waals surface area (Å²) in [7, 11) is 0. The van der Waals surface area contributed by atoms with Gasteiger partial charge in [0.1, 0.15) is 11.5 Å². The van der Waals surface area contributed by atoms with Gasteiger partial charge >= 0.3 is 0 Å². The summed E-state index contributed by atoms with van der Waals surface area (Å²) in [5.74, 6) is 1.89. The second-order valence-corrected chi connectivity index (χ2v) is 7.39. The Morgan fingerprint density at radius 1 is 1.04 bits per heavy atom. The van der Waals surface area contributed by atoms with Crippen LogP contribution in [0.4, 0.5) is 0 Å². The van der Waals surface area contributed by atoms with Crippen LogP contribution in [-0.4, -0.2) is 6.04 Å². The highest BCUT2D eigenvalue weighted by Crippen LogP contribution is 2.26. The summed E-state index contributed by atoms with van der Waals surface area (Å²) in [6.07, 6.45) is 2.21. The molecule has 0 saturated carbocycles. The molecule has 2 nitrogen and oxygen atoms in total. The van der Waals surface area contributed by atoms with E-state index in [4.69, 9.17) is 4.42 Å². The summed E-state index contributed by atoms with van der Waals surface area (Å²) in [5, 5.41) is 3.55. The zero-order valence-electron chi connectivity index (χ0n) is 14.8. The van der Waals surface area contributed by atoms with Crippen LogP contribution in [0.2, 0.25) is 0 Å². The summed E-state index contributed by atoms with van der Waals surface area (Å²) in [6, 6.07) is 21.5. The lowest BCUT2D eigenvalue weighted by molar-refractivity contribution is 0.449. The molecular weight excluding hydrogens is 374 g/mol. The molecular formula is C22H24BrNO. The maximum absolute atomic E-state index is 6.00. The molecule has 130 valence electrons. The summed E-state index contributed by atoms with van der Waals surface area (Å²) in [6.45, 7) is 5.07. The molecule has 0 aliphatic carbocycles. The van der Waals surface area contributed by atoms with Gasteiger partial charge in [-0.1, -0.05) is 52.3 Å². The second-order valence-electron chi connectivity index (χ2n) is 6.54. The van der Waals surface area contributed by atoms with E-state index in [1.807, 2.05) is 6.07 Å². The van der Waals surface area contributed by atoms with Crippen molar-refractivity contribution in [2.75, 3.05) is 0 Å². The molecule has 3 aromatic rings. The van der Waals surface area contributed by atoms with Crippen molar-refractivity contribution in [1.82, 2.24) is 5.32 Å². The third kappa shape index (κ3) is 5.07. The van der Waals surface area contributed by atoms with E-state index in [1.54, 1.807) is 0 Å². The Bertz CT molecular complexity index is 810. The molecule has 3 heteroatoms. The molecule has 0 amide bonds. The van der Waals surface area contributed by atoms with Crippen LogP contribution in [0, 0.1) is 6.92 Å². The molecule has 0 aliphatic heterocycles. The fourth-order valence-electron chi connectivity index (χ4n) is 2.83. The van der Waals surface area contributed by atoms with E-state index in [2.05, 4.69) is 89.7 Å². The van der Waals surface area contributed by atoms with E-state index in [0.717, 1.165) is 40.9 Å². The quantitative estimate of drug-likeness (QED) is 0.518. The van der Waals surface area contributed by atoms with Crippen molar-refractivity contribution in [3.63, 3.8) is 0 Å². The van der Waals surface area contributed by atoms with Gasteiger partial charge in [-0.25, -0.2) is 0 Å². The van der Waals surface area contributed by atoms with Gasteiger partial charge in [-0.2, -0.15) is 0 Å². The normalized spacial score (nSPS) is 12.3. The topological polar surface area (TPSA) is 25.2 Å². The maximum atomic E-state index is 6.00. The van der Waals surface area contributed by atoms with Gasteiger partial charge in [-0.15, -0.1) is 0 Å². The Morgan fingerprint density at radius 2 is 1.84 bits per heavy atom. The van der Waals surface area contributed by atoms with Crippen molar-refractivity contribution < 1.29 is 4.42 Å². The predicted octanol–water partition coefficient (Wildman–Crippen LogP) is 6.13. The highest BCUT2D eigenvalue weighted by molar-refractivity contribution is 9.10. The van der Waals surface area contributed by atoms with E-state index in [1.165, 1.54) is 11.1 Å². The number of hydrogen-bond acceptors (Lipinski definition) is 2. The molecule has 25 heavy (non-hydrogen) atoms. The standard InChI is InChI=1S/C22H24BrNO/c1-16-14-19(10-12-21(16)23)22-13-11-20(25-22)15-24-17(2)8-9-18-6-4-3-5-7-18/h3-7,10-14,17,24H,8-9,15H2,1-2H3. The highest BCUT2D eigenvalue weighted by atomic mass is 79.9. The molecule has 1 atom stereocenters. The third-order valence-corrected chi connectivity index (χ3v) is 5.33. The Labute approximate surface area is 158 Å². The average molecular weight is 398 g/mol. The van der Waals surface area contributed by atoms with Crippen LogP contribution in [0.5, 0.6) is 0 Å². The summed E-state index contributed by atoms with van der Waals surface area (Å²) >= 11 is 3.54. The fraction of sp³-hybridized carbons (Fsp3) is 0.273. The lowest BCUT2D eigenvalue weighted by Gasteiger charge is -2.12. The lowest BCUT2D eigenvalue weighted by Crippen LogP contribution is -2.25. The minimum atomic E-state index is 0.448. The van der Waals surface area contributed by atoms with Crippen molar-refractivity contribution in [2.24, 2.45) is 0 Å². The number of aryl methyl sites for hydroxylation is 2. The SMILES string of the molecule is Cc1cc(-c2ccc(CNC(C)CCc3ccccc3)o2)ccc1Br. The minimum Gasteiger partial charge on any atom is -0.460 e. The van der Waals surface area contributed by atoms with Crippen molar-refractivity contribution in [3.05, 3.63) is 82.0 Å². The number of rotatable bonds is 7. The van der Waals surface area contributed by atoms with E-state index in [9.17, 15) is 0 Å². The molecule has 3 rings (SSSR count). The first kappa shape index (κ1) is 18.0. The first-order valence-electron chi connectivity index (χ1n) is 8.74. The van der Waals surface area contributed by atoms with E-state index in [0.29, 0.717) is 6.04 Å². The molecule has 0 radical (unpaired) electrons. The molecule has 0 aliphatic rings. The molecule has 2 aromatic carbocycles. The fourth-order valence-corrected chi connectivity index (χ4v) is 3.08. The largest absolute Gasteiger partial charge is 0.460 e. The van der Waals surface area contributed by atoms with Gasteiger partial charge in [-0.05, 0) is 62.1 Å². The molecule has 0 fully saturated rings. The predicted molar refractivity (Wildman–Crippen MR) is 108 cm³/mol. The van der Waals surface area contributed by atoms with Gasteiger partial charge in [0, 0.05) is 16.1 Å². The van der Waals surface area contributed by atoms with Crippen LogP contribution >= 0.6 is 15.9 Å². The second kappa shape index (κ2) is 8.50. The summed E-state index contributed by atoms with van der Waals surface area (Å²) in [5.41, 5.74) is 3.72. The summed E-state index contributed by atoms with van der Waals surface area (Å²) < 4.78 is 7.12. The van der Waals surface area contributed by atoms with Crippen LogP contribution in [-0.2, 0) is 13.0 Å². The minimum absolute atomic E-state index is 0.448. The van der Waals surface area contributed by atoms with E-state index >= 15 is 0 Å². The number of nitrogens with one attached hydrogen (secondary N) is 1. The molecule has 1 aromatic heterocycles. The zero-order valence-corrected chi connectivity index (χ0v) is 16.3. The van der Waals surface area contributed by atoms with Crippen LogP contribution in [0.3, 0.4) is 0 Å². The Kier molecular flexibility index (Phi) is 6.11. The zero-order chi connectivity index (χ0) is 17.6. The van der Waals surface area contributed by atoms with Gasteiger partial charge in [0.05, 0.1) is 6.54 Å². The van der Waals surface area contributed by atoms with Crippen molar-refractivity contribution in [3.8, 4) is 11.3 Å². The van der Waals surface area contributed by atoms with Gasteiger partial charge in [-0.3, -0.25) is 0 Å². The number of halogens is 1. The summed E-state index contributed by atoms with van der Waals surface area (Å²) in [4.78, 5) is 0. The van der Waals surface area contributed by atoms with Gasteiger partial charge < -0.3 is 9.73 Å². The lowest BCUT2D eigenvalue weighted by atomic mass is 10.1. The van der Waals surface area contributed by atoms with Crippen LogP contribution < -0.4 is 5.32 Å². The monoisotopic (exact) mass is 397 g/mol. The van der Waals surface area contributed by atoms with Crippen molar-refractivity contribution >= 4 is 15.9 Å². The molecule has 1 unspecified atom stereocenters. The van der Waals surface area contributed by atoms with E-state index in [-0.39, 0.29) is 0 Å². The van der Waals surface area contributed by atoms with E-state index < -0.39 is 0 Å². The van der Waals surface area contributed by atoms with Crippen LogP contribution in [0.25, 0.3) is 11.3 Å². The molecule has 1 N–H and O–H groups in total. The Hall–Kier alpha value is -1.84. The highest BCUT2D eigenvalue weighted by Gasteiger charge is 2.08. The van der Waals surface area contributed by atoms with Crippen LogP contribution in [0.15, 0.2) is 69.6 Å². The van der Waals surface area contributed by atoms with Gasteiger partial charge in [0.25, 0.3) is 0 Å². The molecule has 1 heterocycles. The average Bonchev–Trinajstić information content (AvgIpc) is 3.10. The van der Waals surface area contributed by atoms with Crippen molar-refractivity contribution in [2.45, 2.75) is 39.3 Å².